The topological polar surface area (TPSA) is 29.9 Å². The molecule has 19 heavy (non-hydrogen) atoms. The third-order valence-corrected chi connectivity index (χ3v) is 3.12. The molecule has 0 fully saturated rings. The summed E-state index contributed by atoms with van der Waals surface area (Å²) in [6.45, 7) is 5.51. The summed E-state index contributed by atoms with van der Waals surface area (Å²) < 4.78 is 15.8. The molecular weight excluding hydrogens is 241 g/mol. The van der Waals surface area contributed by atoms with Gasteiger partial charge in [0, 0.05) is 30.9 Å². The molecule has 3 nitrogen and oxygen atoms in total. The summed E-state index contributed by atoms with van der Waals surface area (Å²) in [5.74, 6) is -0.163. The van der Waals surface area contributed by atoms with Crippen molar-refractivity contribution in [3.05, 3.63) is 41.5 Å². The maximum Gasteiger partial charge on any atom is 0.128 e. The lowest BCUT2D eigenvalue weighted by molar-refractivity contribution is 0.587. The number of nitrogens with zero attached hydrogens (tertiary/aromatic N) is 2. The first kappa shape index (κ1) is 13.7. The summed E-state index contributed by atoms with van der Waals surface area (Å²) in [7, 11) is 1.87. The molecule has 0 saturated heterocycles. The van der Waals surface area contributed by atoms with E-state index in [4.69, 9.17) is 0 Å². The summed E-state index contributed by atoms with van der Waals surface area (Å²) in [5, 5.41) is 7.49. The molecule has 2 rings (SSSR count). The molecule has 0 saturated carbocycles. The van der Waals surface area contributed by atoms with Gasteiger partial charge < -0.3 is 5.32 Å². The largest absolute Gasteiger partial charge is 0.313 e. The van der Waals surface area contributed by atoms with Gasteiger partial charge in [0.1, 0.15) is 5.82 Å². The van der Waals surface area contributed by atoms with Crippen LogP contribution in [-0.4, -0.2) is 16.3 Å². The minimum atomic E-state index is -0.163. The van der Waals surface area contributed by atoms with Crippen molar-refractivity contribution in [1.29, 1.82) is 0 Å². The molecule has 0 aliphatic heterocycles. The van der Waals surface area contributed by atoms with E-state index in [2.05, 4.69) is 17.3 Å². The second-order valence-electron chi connectivity index (χ2n) is 4.78. The zero-order valence-corrected chi connectivity index (χ0v) is 11.7. The average Bonchev–Trinajstić information content (AvgIpc) is 2.71. The minimum absolute atomic E-state index is 0.163. The van der Waals surface area contributed by atoms with E-state index < -0.39 is 0 Å². The van der Waals surface area contributed by atoms with Gasteiger partial charge in [-0.05, 0) is 31.5 Å². The van der Waals surface area contributed by atoms with Crippen LogP contribution in [-0.2, 0) is 13.6 Å². The number of halogens is 1. The van der Waals surface area contributed by atoms with Crippen molar-refractivity contribution in [2.24, 2.45) is 7.05 Å². The Labute approximate surface area is 113 Å². The van der Waals surface area contributed by atoms with Gasteiger partial charge in [0.15, 0.2) is 0 Å². The molecule has 0 amide bonds. The maximum absolute atomic E-state index is 14.0. The third kappa shape index (κ3) is 3.20. The molecule has 0 radical (unpaired) electrons. The number of benzene rings is 1. The van der Waals surface area contributed by atoms with E-state index in [9.17, 15) is 4.39 Å². The van der Waals surface area contributed by atoms with Gasteiger partial charge >= 0.3 is 0 Å². The summed E-state index contributed by atoms with van der Waals surface area (Å²) in [6.07, 6.45) is 2.97. The Hall–Kier alpha value is -1.68. The van der Waals surface area contributed by atoms with E-state index in [1.54, 1.807) is 10.7 Å². The molecule has 4 heteroatoms. The molecule has 0 bridgehead atoms. The highest BCUT2D eigenvalue weighted by molar-refractivity contribution is 5.65. The van der Waals surface area contributed by atoms with E-state index >= 15 is 0 Å². The Bertz CT molecular complexity index is 561. The normalized spacial score (nSPS) is 10.9. The number of aromatic nitrogens is 2. The molecule has 102 valence electrons. The van der Waals surface area contributed by atoms with Crippen LogP contribution >= 0.6 is 0 Å². The highest BCUT2D eigenvalue weighted by Gasteiger charge is 2.09. The lowest BCUT2D eigenvalue weighted by Gasteiger charge is -2.07. The Morgan fingerprint density at radius 3 is 2.74 bits per heavy atom. The first-order valence-electron chi connectivity index (χ1n) is 6.61. The zero-order valence-electron chi connectivity index (χ0n) is 11.7. The molecule has 0 aliphatic rings. The second-order valence-corrected chi connectivity index (χ2v) is 4.78. The second kappa shape index (κ2) is 5.97. The Balaban J connectivity index is 2.21. The quantitative estimate of drug-likeness (QED) is 0.838. The van der Waals surface area contributed by atoms with Crippen molar-refractivity contribution < 1.29 is 4.39 Å². The van der Waals surface area contributed by atoms with Crippen LogP contribution < -0.4 is 5.32 Å². The highest BCUT2D eigenvalue weighted by Crippen LogP contribution is 2.24. The molecule has 0 unspecified atom stereocenters. The minimum Gasteiger partial charge on any atom is -0.313 e. The smallest absolute Gasteiger partial charge is 0.128 e. The fraction of sp³-hybridized carbons (Fsp3) is 0.400. The van der Waals surface area contributed by atoms with Crippen LogP contribution in [0.4, 0.5) is 4.39 Å². The fourth-order valence-corrected chi connectivity index (χ4v) is 2.14. The predicted octanol–water partition coefficient (Wildman–Crippen LogP) is 3.03. The summed E-state index contributed by atoms with van der Waals surface area (Å²) >= 11 is 0. The molecule has 0 aliphatic carbocycles. The highest BCUT2D eigenvalue weighted by atomic mass is 19.1. The SMILES string of the molecule is CCCNCc1ccc(-c2cn(C)nc2C)cc1F. The van der Waals surface area contributed by atoms with Crippen molar-refractivity contribution in [1.82, 2.24) is 15.1 Å². The molecular formula is C15H20FN3. The summed E-state index contributed by atoms with van der Waals surface area (Å²) in [5.41, 5.74) is 3.48. The molecule has 1 aromatic carbocycles. The first-order chi connectivity index (χ1) is 9.11. The van der Waals surface area contributed by atoms with Gasteiger partial charge in [0.25, 0.3) is 0 Å². The lowest BCUT2D eigenvalue weighted by Crippen LogP contribution is -2.14. The van der Waals surface area contributed by atoms with Crippen LogP contribution in [0.1, 0.15) is 24.6 Å². The van der Waals surface area contributed by atoms with Gasteiger partial charge in [-0.15, -0.1) is 0 Å². The number of hydrogen-bond acceptors (Lipinski definition) is 2. The zero-order chi connectivity index (χ0) is 13.8. The molecule has 0 spiro atoms. The van der Waals surface area contributed by atoms with Crippen LogP contribution in [0.3, 0.4) is 0 Å². The van der Waals surface area contributed by atoms with Crippen LogP contribution in [0, 0.1) is 12.7 Å². The number of rotatable bonds is 5. The van der Waals surface area contributed by atoms with Gasteiger partial charge in [-0.3, -0.25) is 4.68 Å². The van der Waals surface area contributed by atoms with Crippen molar-refractivity contribution >= 4 is 0 Å². The van der Waals surface area contributed by atoms with E-state index in [0.717, 1.165) is 29.8 Å². The van der Waals surface area contributed by atoms with E-state index in [1.165, 1.54) is 0 Å². The van der Waals surface area contributed by atoms with Gasteiger partial charge in [-0.25, -0.2) is 4.39 Å². The Kier molecular flexibility index (Phi) is 4.32. The van der Waals surface area contributed by atoms with E-state index in [1.807, 2.05) is 32.3 Å². The van der Waals surface area contributed by atoms with Crippen LogP contribution in [0.5, 0.6) is 0 Å². The Morgan fingerprint density at radius 2 is 2.16 bits per heavy atom. The van der Waals surface area contributed by atoms with Crippen LogP contribution in [0.25, 0.3) is 11.1 Å². The fourth-order valence-electron chi connectivity index (χ4n) is 2.14. The average molecular weight is 261 g/mol. The standard InChI is InChI=1S/C15H20FN3/c1-4-7-17-9-13-6-5-12(8-15(13)16)14-10-19(3)18-11(14)2/h5-6,8,10,17H,4,7,9H2,1-3H3. The summed E-state index contributed by atoms with van der Waals surface area (Å²) in [6, 6.07) is 5.39. The molecule has 0 atom stereocenters. The maximum atomic E-state index is 14.0. The van der Waals surface area contributed by atoms with E-state index in [-0.39, 0.29) is 5.82 Å². The number of nitrogens with one attached hydrogen (secondary N) is 1. The molecule has 2 aromatic rings. The van der Waals surface area contributed by atoms with Crippen LogP contribution in [0.15, 0.2) is 24.4 Å². The van der Waals surface area contributed by atoms with Gasteiger partial charge in [-0.1, -0.05) is 19.1 Å². The monoisotopic (exact) mass is 261 g/mol. The van der Waals surface area contributed by atoms with Crippen molar-refractivity contribution in [2.45, 2.75) is 26.8 Å². The van der Waals surface area contributed by atoms with Crippen LogP contribution in [0.2, 0.25) is 0 Å². The van der Waals surface area contributed by atoms with Crippen molar-refractivity contribution in [3.63, 3.8) is 0 Å². The molecule has 1 aromatic heterocycles. The van der Waals surface area contributed by atoms with Gasteiger partial charge in [0.2, 0.25) is 0 Å². The number of aryl methyl sites for hydroxylation is 2. The summed E-state index contributed by atoms with van der Waals surface area (Å²) in [4.78, 5) is 0. The van der Waals surface area contributed by atoms with Crippen molar-refractivity contribution in [3.8, 4) is 11.1 Å². The lowest BCUT2D eigenvalue weighted by atomic mass is 10.0. The molecule has 1 heterocycles. The molecule has 1 N–H and O–H groups in total. The van der Waals surface area contributed by atoms with Gasteiger partial charge in [0.05, 0.1) is 5.69 Å². The van der Waals surface area contributed by atoms with Crippen molar-refractivity contribution in [2.75, 3.05) is 6.54 Å². The first-order valence-corrected chi connectivity index (χ1v) is 6.61. The van der Waals surface area contributed by atoms with Gasteiger partial charge in [-0.2, -0.15) is 5.10 Å². The number of hydrogen-bond donors (Lipinski definition) is 1. The third-order valence-electron chi connectivity index (χ3n) is 3.12. The van der Waals surface area contributed by atoms with E-state index in [0.29, 0.717) is 12.1 Å². The predicted molar refractivity (Wildman–Crippen MR) is 75.3 cm³/mol. The Morgan fingerprint density at radius 1 is 1.37 bits per heavy atom.